The van der Waals surface area contributed by atoms with Crippen molar-refractivity contribution in [3.63, 3.8) is 0 Å². The number of hydrogen-bond donors (Lipinski definition) is 1. The van der Waals surface area contributed by atoms with Crippen LogP contribution >= 0.6 is 11.6 Å². The van der Waals surface area contributed by atoms with Gasteiger partial charge in [-0.25, -0.2) is 0 Å². The van der Waals surface area contributed by atoms with Gasteiger partial charge in [0.15, 0.2) is 0 Å². The highest BCUT2D eigenvalue weighted by Crippen LogP contribution is 2.25. The second-order valence-corrected chi connectivity index (χ2v) is 6.40. The van der Waals surface area contributed by atoms with Crippen molar-refractivity contribution >= 4 is 29.3 Å². The van der Waals surface area contributed by atoms with Crippen molar-refractivity contribution in [2.24, 2.45) is 0 Å². The van der Waals surface area contributed by atoms with Crippen LogP contribution in [-0.4, -0.2) is 12.5 Å². The minimum Gasteiger partial charge on any atom is -0.489 e. The lowest BCUT2D eigenvalue weighted by atomic mass is 10.0. The van der Waals surface area contributed by atoms with Gasteiger partial charge in [-0.15, -0.1) is 6.58 Å². The Bertz CT molecular complexity index is 971. The highest BCUT2D eigenvalue weighted by Gasteiger charge is 2.12. The molecule has 0 unspecified atom stereocenters. The molecule has 0 atom stereocenters. The van der Waals surface area contributed by atoms with Gasteiger partial charge in [0, 0.05) is 10.7 Å². The van der Waals surface area contributed by atoms with E-state index in [9.17, 15) is 10.1 Å². The molecule has 0 fully saturated rings. The van der Waals surface area contributed by atoms with Crippen molar-refractivity contribution < 1.29 is 9.53 Å². The van der Waals surface area contributed by atoms with E-state index in [1.54, 1.807) is 49.4 Å². The standard InChI is InChI=1S/C23H21ClN2O2/c1-4-7-18-13-17(10-11-22(18)28-12-5-2)14-19(15-25)23(27)26-21-9-6-8-20(24)16(21)3/h4-6,8-11,13-14H,1-2,7,12H2,3H3,(H,26,27)/b19-14-. The molecule has 0 aliphatic heterocycles. The van der Waals surface area contributed by atoms with Crippen LogP contribution in [0.25, 0.3) is 6.08 Å². The van der Waals surface area contributed by atoms with Crippen LogP contribution in [0.2, 0.25) is 5.02 Å². The normalized spacial score (nSPS) is 10.7. The van der Waals surface area contributed by atoms with E-state index in [2.05, 4.69) is 18.5 Å². The van der Waals surface area contributed by atoms with E-state index in [0.29, 0.717) is 23.7 Å². The Balaban J connectivity index is 2.30. The van der Waals surface area contributed by atoms with E-state index in [-0.39, 0.29) is 5.57 Å². The van der Waals surface area contributed by atoms with Crippen molar-refractivity contribution in [3.8, 4) is 11.8 Å². The first-order chi connectivity index (χ1) is 13.5. The molecular weight excluding hydrogens is 372 g/mol. The van der Waals surface area contributed by atoms with Crippen LogP contribution in [0.3, 0.4) is 0 Å². The summed E-state index contributed by atoms with van der Waals surface area (Å²) in [6.07, 6.45) is 5.58. The summed E-state index contributed by atoms with van der Waals surface area (Å²) in [6, 6.07) is 12.6. The largest absolute Gasteiger partial charge is 0.489 e. The van der Waals surface area contributed by atoms with Crippen LogP contribution in [-0.2, 0) is 11.2 Å². The van der Waals surface area contributed by atoms with Crippen molar-refractivity contribution in [2.75, 3.05) is 11.9 Å². The molecular formula is C23H21ClN2O2. The summed E-state index contributed by atoms with van der Waals surface area (Å²) < 4.78 is 5.63. The lowest BCUT2D eigenvalue weighted by molar-refractivity contribution is -0.112. The van der Waals surface area contributed by atoms with Crippen LogP contribution in [0.15, 0.2) is 67.3 Å². The van der Waals surface area contributed by atoms with Crippen molar-refractivity contribution in [1.82, 2.24) is 0 Å². The van der Waals surface area contributed by atoms with Crippen LogP contribution in [0, 0.1) is 18.3 Å². The summed E-state index contributed by atoms with van der Waals surface area (Å²) >= 11 is 6.08. The Morgan fingerprint density at radius 3 is 2.75 bits per heavy atom. The first kappa shape index (κ1) is 21.0. The smallest absolute Gasteiger partial charge is 0.266 e. The summed E-state index contributed by atoms with van der Waals surface area (Å²) in [5.41, 5.74) is 2.93. The van der Waals surface area contributed by atoms with Gasteiger partial charge in [-0.1, -0.05) is 42.5 Å². The summed E-state index contributed by atoms with van der Waals surface area (Å²) in [4.78, 5) is 12.5. The van der Waals surface area contributed by atoms with Gasteiger partial charge < -0.3 is 10.1 Å². The summed E-state index contributed by atoms with van der Waals surface area (Å²) in [5, 5.41) is 12.7. The number of nitriles is 1. The van der Waals surface area contributed by atoms with Crippen LogP contribution in [0.1, 0.15) is 16.7 Å². The molecule has 4 nitrogen and oxygen atoms in total. The van der Waals surface area contributed by atoms with E-state index >= 15 is 0 Å². The number of amides is 1. The van der Waals surface area contributed by atoms with Gasteiger partial charge in [-0.3, -0.25) is 4.79 Å². The SMILES string of the molecule is C=CCOc1ccc(/C=C(/C#N)C(=O)Nc2cccc(Cl)c2C)cc1CC=C. The maximum atomic E-state index is 12.5. The van der Waals surface area contributed by atoms with Crippen molar-refractivity contribution in [1.29, 1.82) is 5.26 Å². The second kappa shape index (κ2) is 10.1. The number of carbonyl (C=O) groups excluding carboxylic acids is 1. The van der Waals surface area contributed by atoms with Gasteiger partial charge in [-0.05, 0) is 60.4 Å². The fourth-order valence-electron chi connectivity index (χ4n) is 2.54. The average molecular weight is 393 g/mol. The molecule has 2 aromatic carbocycles. The highest BCUT2D eigenvalue weighted by atomic mass is 35.5. The van der Waals surface area contributed by atoms with Gasteiger partial charge in [0.25, 0.3) is 5.91 Å². The lowest BCUT2D eigenvalue weighted by Crippen LogP contribution is -2.14. The van der Waals surface area contributed by atoms with E-state index in [1.165, 1.54) is 0 Å². The maximum Gasteiger partial charge on any atom is 0.266 e. The van der Waals surface area contributed by atoms with Gasteiger partial charge in [0.2, 0.25) is 0 Å². The number of nitrogens with one attached hydrogen (secondary N) is 1. The fourth-order valence-corrected chi connectivity index (χ4v) is 2.72. The Labute approximate surface area is 170 Å². The number of allylic oxidation sites excluding steroid dienone is 1. The Morgan fingerprint density at radius 2 is 2.07 bits per heavy atom. The number of rotatable bonds is 8. The fraction of sp³-hybridized carbons (Fsp3) is 0.130. The van der Waals surface area contributed by atoms with Crippen LogP contribution in [0.4, 0.5) is 5.69 Å². The van der Waals surface area contributed by atoms with Crippen molar-refractivity contribution in [3.05, 3.63) is 89.0 Å². The third-order valence-electron chi connectivity index (χ3n) is 4.00. The molecule has 0 bridgehead atoms. The van der Waals surface area contributed by atoms with E-state index in [1.807, 2.05) is 18.2 Å². The summed E-state index contributed by atoms with van der Waals surface area (Å²) in [6.45, 7) is 9.59. The first-order valence-electron chi connectivity index (χ1n) is 8.66. The molecule has 0 saturated heterocycles. The van der Waals surface area contributed by atoms with Gasteiger partial charge in [0.1, 0.15) is 24.0 Å². The van der Waals surface area contributed by atoms with E-state index < -0.39 is 5.91 Å². The predicted octanol–water partition coefficient (Wildman–Crippen LogP) is 5.49. The van der Waals surface area contributed by atoms with Crippen LogP contribution < -0.4 is 10.1 Å². The van der Waals surface area contributed by atoms with Crippen LogP contribution in [0.5, 0.6) is 5.75 Å². The van der Waals surface area contributed by atoms with E-state index in [0.717, 1.165) is 22.4 Å². The molecule has 0 radical (unpaired) electrons. The molecule has 0 saturated carbocycles. The minimum atomic E-state index is -0.495. The molecule has 1 N–H and O–H groups in total. The summed E-state index contributed by atoms with van der Waals surface area (Å²) in [7, 11) is 0. The Hall–Kier alpha value is -3.29. The summed E-state index contributed by atoms with van der Waals surface area (Å²) in [5.74, 6) is 0.222. The Kier molecular flexibility index (Phi) is 7.62. The second-order valence-electron chi connectivity index (χ2n) is 6.00. The molecule has 0 aliphatic rings. The molecule has 28 heavy (non-hydrogen) atoms. The zero-order chi connectivity index (χ0) is 20.5. The molecule has 2 aromatic rings. The van der Waals surface area contributed by atoms with E-state index in [4.69, 9.17) is 16.3 Å². The molecule has 0 spiro atoms. The molecule has 0 aromatic heterocycles. The number of benzene rings is 2. The third-order valence-corrected chi connectivity index (χ3v) is 4.41. The number of nitrogens with zero attached hydrogens (tertiary/aromatic N) is 1. The quantitative estimate of drug-likeness (QED) is 0.367. The first-order valence-corrected chi connectivity index (χ1v) is 9.03. The average Bonchev–Trinajstić information content (AvgIpc) is 2.69. The number of anilines is 1. The lowest BCUT2D eigenvalue weighted by Gasteiger charge is -2.11. The molecule has 0 aliphatic carbocycles. The number of carbonyl (C=O) groups is 1. The Morgan fingerprint density at radius 1 is 1.29 bits per heavy atom. The number of ether oxygens (including phenoxy) is 1. The molecule has 0 heterocycles. The molecule has 142 valence electrons. The minimum absolute atomic E-state index is 0.0105. The number of hydrogen-bond acceptors (Lipinski definition) is 3. The topological polar surface area (TPSA) is 62.1 Å². The predicted molar refractivity (Wildman–Crippen MR) is 114 cm³/mol. The van der Waals surface area contributed by atoms with Gasteiger partial charge in [-0.2, -0.15) is 5.26 Å². The maximum absolute atomic E-state index is 12.5. The number of halogens is 1. The zero-order valence-electron chi connectivity index (χ0n) is 15.7. The van der Waals surface area contributed by atoms with Gasteiger partial charge >= 0.3 is 0 Å². The zero-order valence-corrected chi connectivity index (χ0v) is 16.4. The monoisotopic (exact) mass is 392 g/mol. The van der Waals surface area contributed by atoms with Crippen molar-refractivity contribution in [2.45, 2.75) is 13.3 Å². The van der Waals surface area contributed by atoms with Gasteiger partial charge in [0.05, 0.1) is 0 Å². The highest BCUT2D eigenvalue weighted by molar-refractivity contribution is 6.31. The molecule has 2 rings (SSSR count). The third kappa shape index (κ3) is 5.35. The molecule has 1 amide bonds. The molecule has 5 heteroatoms.